The Morgan fingerprint density at radius 1 is 1.28 bits per heavy atom. The number of aromatic amines is 1. The fourth-order valence-electron chi connectivity index (χ4n) is 3.90. The highest BCUT2D eigenvalue weighted by molar-refractivity contribution is 5.88. The van der Waals surface area contributed by atoms with Crippen molar-refractivity contribution in [1.82, 2.24) is 14.9 Å². The van der Waals surface area contributed by atoms with Crippen LogP contribution in [0.5, 0.6) is 0 Å². The van der Waals surface area contributed by atoms with Gasteiger partial charge in [-0.1, -0.05) is 12.1 Å². The lowest BCUT2D eigenvalue weighted by atomic mass is 9.96. The summed E-state index contributed by atoms with van der Waals surface area (Å²) in [5.41, 5.74) is 2.17. The molecule has 1 amide bonds. The Bertz CT molecular complexity index is 1090. The molecular weight excluding hydrogens is 371 g/mol. The Kier molecular flexibility index (Phi) is 5.40. The molecule has 1 fully saturated rings. The van der Waals surface area contributed by atoms with E-state index in [9.17, 15) is 14.0 Å². The number of nitrogens with one attached hydrogen (secondary N) is 2. The average molecular weight is 394 g/mol. The fourth-order valence-corrected chi connectivity index (χ4v) is 3.90. The van der Waals surface area contributed by atoms with Gasteiger partial charge in [0.2, 0.25) is 5.91 Å². The minimum Gasteiger partial charge on any atom is -0.326 e. The van der Waals surface area contributed by atoms with Crippen molar-refractivity contribution in [3.8, 4) is 0 Å². The fraction of sp³-hybridized carbons (Fsp3) is 0.318. The molecule has 1 atom stereocenters. The van der Waals surface area contributed by atoms with Gasteiger partial charge in [-0.2, -0.15) is 0 Å². The molecule has 1 aliphatic heterocycles. The Morgan fingerprint density at radius 3 is 2.83 bits per heavy atom. The van der Waals surface area contributed by atoms with Crippen LogP contribution in [0.25, 0.3) is 10.9 Å². The maximum Gasteiger partial charge on any atom is 0.258 e. The van der Waals surface area contributed by atoms with Crippen molar-refractivity contribution < 1.29 is 9.18 Å². The molecule has 2 aromatic carbocycles. The Labute approximate surface area is 167 Å². The number of amides is 1. The lowest BCUT2D eigenvalue weighted by Gasteiger charge is -2.32. The summed E-state index contributed by atoms with van der Waals surface area (Å²) >= 11 is 0. The van der Waals surface area contributed by atoms with Gasteiger partial charge in [-0.05, 0) is 55.3 Å². The number of halogens is 1. The molecule has 7 heteroatoms. The third-order valence-corrected chi connectivity index (χ3v) is 5.26. The zero-order valence-corrected chi connectivity index (χ0v) is 16.2. The van der Waals surface area contributed by atoms with Crippen LogP contribution in [0, 0.1) is 5.82 Å². The number of rotatable bonds is 4. The SMILES string of the molecule is CC(=O)Nc1ccc(CN2CCCC(c3nc4ccc(F)cc4c(=O)[nH]3)C2)cc1. The van der Waals surface area contributed by atoms with Gasteiger partial charge in [0.1, 0.15) is 11.6 Å². The van der Waals surface area contributed by atoms with E-state index in [2.05, 4.69) is 20.2 Å². The van der Waals surface area contributed by atoms with Crippen molar-refractivity contribution >= 4 is 22.5 Å². The second-order valence-electron chi connectivity index (χ2n) is 7.57. The highest BCUT2D eigenvalue weighted by atomic mass is 19.1. The van der Waals surface area contributed by atoms with Crippen LogP contribution in [0.15, 0.2) is 47.3 Å². The van der Waals surface area contributed by atoms with Crippen LogP contribution in [0.2, 0.25) is 0 Å². The first kappa shape index (κ1) is 19.3. The number of fused-ring (bicyclic) bond motifs is 1. The smallest absolute Gasteiger partial charge is 0.258 e. The summed E-state index contributed by atoms with van der Waals surface area (Å²) in [6.45, 7) is 4.05. The number of hydrogen-bond acceptors (Lipinski definition) is 4. The van der Waals surface area contributed by atoms with E-state index in [4.69, 9.17) is 0 Å². The highest BCUT2D eigenvalue weighted by Crippen LogP contribution is 2.26. The molecule has 0 saturated carbocycles. The van der Waals surface area contributed by atoms with Crippen LogP contribution in [-0.2, 0) is 11.3 Å². The first-order chi connectivity index (χ1) is 14.0. The molecule has 0 radical (unpaired) electrons. The van der Waals surface area contributed by atoms with Crippen LogP contribution in [0.3, 0.4) is 0 Å². The quantitative estimate of drug-likeness (QED) is 0.711. The molecule has 0 aliphatic carbocycles. The number of carbonyl (C=O) groups is 1. The largest absolute Gasteiger partial charge is 0.326 e. The summed E-state index contributed by atoms with van der Waals surface area (Å²) in [7, 11) is 0. The number of likely N-dealkylation sites (tertiary alicyclic amines) is 1. The van der Waals surface area contributed by atoms with Crippen LogP contribution >= 0.6 is 0 Å². The summed E-state index contributed by atoms with van der Waals surface area (Å²) in [6.07, 6.45) is 1.97. The van der Waals surface area contributed by atoms with E-state index in [1.807, 2.05) is 24.3 Å². The molecular formula is C22H23FN4O2. The molecule has 4 rings (SSSR count). The van der Waals surface area contributed by atoms with Gasteiger partial charge < -0.3 is 10.3 Å². The van der Waals surface area contributed by atoms with Gasteiger partial charge in [-0.3, -0.25) is 14.5 Å². The molecule has 3 aromatic rings. The van der Waals surface area contributed by atoms with Gasteiger partial charge >= 0.3 is 0 Å². The van der Waals surface area contributed by atoms with E-state index in [0.717, 1.165) is 43.7 Å². The number of piperidine rings is 1. The minimum atomic E-state index is -0.439. The summed E-state index contributed by atoms with van der Waals surface area (Å²) < 4.78 is 13.4. The second kappa shape index (κ2) is 8.13. The maximum atomic E-state index is 13.4. The first-order valence-electron chi connectivity index (χ1n) is 9.76. The van der Waals surface area contributed by atoms with Gasteiger partial charge in [0.05, 0.1) is 10.9 Å². The second-order valence-corrected chi connectivity index (χ2v) is 7.57. The molecule has 1 unspecified atom stereocenters. The Morgan fingerprint density at radius 2 is 2.07 bits per heavy atom. The van der Waals surface area contributed by atoms with Gasteiger partial charge in [0, 0.05) is 31.6 Å². The van der Waals surface area contributed by atoms with E-state index < -0.39 is 5.82 Å². The first-order valence-corrected chi connectivity index (χ1v) is 9.76. The summed E-state index contributed by atoms with van der Waals surface area (Å²) in [5.74, 6) is 0.270. The number of benzene rings is 2. The molecule has 1 saturated heterocycles. The average Bonchev–Trinajstić information content (AvgIpc) is 2.70. The molecule has 0 spiro atoms. The Balaban J connectivity index is 1.48. The predicted octanol–water partition coefficient (Wildman–Crippen LogP) is 3.40. The van der Waals surface area contributed by atoms with Crippen molar-refractivity contribution in [2.24, 2.45) is 0 Å². The number of hydrogen-bond donors (Lipinski definition) is 2. The van der Waals surface area contributed by atoms with Gasteiger partial charge in [-0.15, -0.1) is 0 Å². The zero-order chi connectivity index (χ0) is 20.4. The van der Waals surface area contributed by atoms with E-state index >= 15 is 0 Å². The number of aromatic nitrogens is 2. The third-order valence-electron chi connectivity index (χ3n) is 5.26. The number of anilines is 1. The number of H-pyrrole nitrogens is 1. The maximum absolute atomic E-state index is 13.4. The molecule has 1 aliphatic rings. The lowest BCUT2D eigenvalue weighted by molar-refractivity contribution is -0.114. The molecule has 2 N–H and O–H groups in total. The monoisotopic (exact) mass is 394 g/mol. The van der Waals surface area contributed by atoms with E-state index in [1.54, 1.807) is 6.07 Å². The lowest BCUT2D eigenvalue weighted by Crippen LogP contribution is -2.35. The van der Waals surface area contributed by atoms with Crippen LogP contribution < -0.4 is 10.9 Å². The predicted molar refractivity (Wildman–Crippen MR) is 110 cm³/mol. The standard InChI is InChI=1S/C22H23FN4O2/c1-14(28)24-18-7-4-15(5-8-18)12-27-10-2-3-16(13-27)21-25-20-9-6-17(23)11-19(20)22(29)26-21/h4-9,11,16H,2-3,10,12-13H2,1H3,(H,24,28)(H,25,26,29). The summed E-state index contributed by atoms with van der Waals surface area (Å²) in [4.78, 5) is 33.3. The topological polar surface area (TPSA) is 78.1 Å². The molecule has 29 heavy (non-hydrogen) atoms. The minimum absolute atomic E-state index is 0.0868. The number of nitrogens with zero attached hydrogens (tertiary/aromatic N) is 2. The van der Waals surface area contributed by atoms with E-state index in [1.165, 1.54) is 19.1 Å². The van der Waals surface area contributed by atoms with E-state index in [0.29, 0.717) is 11.3 Å². The molecule has 6 nitrogen and oxygen atoms in total. The highest BCUT2D eigenvalue weighted by Gasteiger charge is 2.24. The van der Waals surface area contributed by atoms with Crippen molar-refractivity contribution in [3.63, 3.8) is 0 Å². The van der Waals surface area contributed by atoms with Crippen molar-refractivity contribution in [1.29, 1.82) is 0 Å². The summed E-state index contributed by atoms with van der Waals surface area (Å²) in [5, 5.41) is 3.05. The van der Waals surface area contributed by atoms with Gasteiger partial charge in [0.25, 0.3) is 5.56 Å². The van der Waals surface area contributed by atoms with Crippen LogP contribution in [0.1, 0.15) is 37.1 Å². The van der Waals surface area contributed by atoms with Gasteiger partial charge in [-0.25, -0.2) is 9.37 Å². The normalized spacial score (nSPS) is 17.4. The molecule has 150 valence electrons. The van der Waals surface area contributed by atoms with Crippen molar-refractivity contribution in [2.75, 3.05) is 18.4 Å². The van der Waals surface area contributed by atoms with Gasteiger partial charge in [0.15, 0.2) is 0 Å². The zero-order valence-electron chi connectivity index (χ0n) is 16.2. The molecule has 1 aromatic heterocycles. The van der Waals surface area contributed by atoms with Crippen molar-refractivity contribution in [2.45, 2.75) is 32.2 Å². The Hall–Kier alpha value is -3.06. The molecule has 2 heterocycles. The van der Waals surface area contributed by atoms with Crippen LogP contribution in [0.4, 0.5) is 10.1 Å². The number of carbonyl (C=O) groups excluding carboxylic acids is 1. The van der Waals surface area contributed by atoms with Crippen LogP contribution in [-0.4, -0.2) is 33.9 Å². The van der Waals surface area contributed by atoms with Crippen molar-refractivity contribution in [3.05, 3.63) is 70.0 Å². The molecule has 0 bridgehead atoms. The van der Waals surface area contributed by atoms with E-state index in [-0.39, 0.29) is 22.8 Å². The third kappa shape index (κ3) is 4.51. The summed E-state index contributed by atoms with van der Waals surface area (Å²) in [6, 6.07) is 11.9.